The van der Waals surface area contributed by atoms with Crippen LogP contribution in [0.25, 0.3) is 11.2 Å². The number of aliphatic hydroxyl groups excluding tert-OH is 2. The molecule has 3 aromatic rings. The van der Waals surface area contributed by atoms with E-state index in [2.05, 4.69) is 15.0 Å². The molecule has 228 valence electrons. The molecule has 0 spiro atoms. The van der Waals surface area contributed by atoms with Gasteiger partial charge in [0.05, 0.1) is 32.2 Å². The van der Waals surface area contributed by atoms with Gasteiger partial charge in [-0.2, -0.15) is 0 Å². The zero-order valence-corrected chi connectivity index (χ0v) is 23.4. The molecule has 2 aliphatic rings. The summed E-state index contributed by atoms with van der Waals surface area (Å²) in [5, 5.41) is 20.3. The van der Waals surface area contributed by atoms with Crippen molar-refractivity contribution in [1.29, 1.82) is 0 Å². The fourth-order valence-corrected chi connectivity index (χ4v) is 5.92. The first kappa shape index (κ1) is 30.1. The summed E-state index contributed by atoms with van der Waals surface area (Å²) >= 11 is 0. The number of nitrogens with two attached hydrogens (primary N) is 1. The normalized spacial score (nSPS) is 27.5. The number of carbonyl (C=O) groups excluding carboxylic acids is 1. The summed E-state index contributed by atoms with van der Waals surface area (Å²) in [5.74, 6) is -0.237. The Morgan fingerprint density at radius 1 is 1.17 bits per heavy atom. The van der Waals surface area contributed by atoms with Crippen LogP contribution < -0.4 is 17.0 Å². The number of aromatic nitrogens is 6. The number of aliphatic hydroxyl groups is 2. The van der Waals surface area contributed by atoms with Crippen LogP contribution in [0.15, 0.2) is 28.4 Å². The average molecular weight is 612 g/mol. The molecule has 2 saturated heterocycles. The van der Waals surface area contributed by atoms with Crippen LogP contribution in [0.2, 0.25) is 0 Å². The van der Waals surface area contributed by atoms with Gasteiger partial charge in [-0.15, -0.1) is 0 Å². The average Bonchev–Trinajstić information content (AvgIpc) is 3.64. The molecule has 2 fully saturated rings. The number of phosphoric acid groups is 1. The van der Waals surface area contributed by atoms with Gasteiger partial charge in [0.2, 0.25) is 0 Å². The van der Waals surface area contributed by atoms with Gasteiger partial charge >= 0.3 is 13.5 Å². The van der Waals surface area contributed by atoms with Crippen molar-refractivity contribution in [3.8, 4) is 0 Å². The fraction of sp³-hybridized carbons (Fsp3) is 0.565. The van der Waals surface area contributed by atoms with Crippen molar-refractivity contribution >= 4 is 30.6 Å². The first-order valence-corrected chi connectivity index (χ1v) is 14.4. The zero-order valence-electron chi connectivity index (χ0n) is 22.5. The first-order valence-electron chi connectivity index (χ1n) is 12.9. The van der Waals surface area contributed by atoms with E-state index in [1.165, 1.54) is 32.7 Å². The van der Waals surface area contributed by atoms with Crippen molar-refractivity contribution < 1.29 is 43.0 Å². The Morgan fingerprint density at radius 2 is 1.88 bits per heavy atom. The summed E-state index contributed by atoms with van der Waals surface area (Å²) in [6, 6.07) is 0. The molecule has 5 N–H and O–H groups in total. The highest BCUT2D eigenvalue weighted by molar-refractivity contribution is 7.47. The molecule has 18 nitrogen and oxygen atoms in total. The van der Waals surface area contributed by atoms with Gasteiger partial charge in [0.25, 0.3) is 5.56 Å². The number of rotatable bonds is 10. The molecule has 0 saturated carbocycles. The number of Topliss-reactive ketones (excluding diaryl/α,β-unsaturated/α-hetero) is 1. The van der Waals surface area contributed by atoms with Gasteiger partial charge in [0.15, 0.2) is 11.5 Å². The predicted molar refractivity (Wildman–Crippen MR) is 141 cm³/mol. The number of nitrogen functional groups attached to an aromatic ring is 1. The Kier molecular flexibility index (Phi) is 8.41. The van der Waals surface area contributed by atoms with Crippen LogP contribution in [0, 0.1) is 6.92 Å². The number of carbonyl (C=O) groups is 1. The summed E-state index contributed by atoms with van der Waals surface area (Å²) in [7, 11) is -4.80. The Bertz CT molecular complexity index is 1660. The van der Waals surface area contributed by atoms with E-state index in [9.17, 15) is 34.1 Å². The third kappa shape index (κ3) is 5.93. The molecule has 7 atom stereocenters. The Labute approximate surface area is 236 Å². The van der Waals surface area contributed by atoms with E-state index in [1.807, 2.05) is 0 Å². The Balaban J connectivity index is 1.24. The predicted octanol–water partition coefficient (Wildman–Crippen LogP) is -1.24. The number of aryl methyl sites for hydroxylation is 1. The Hall–Kier alpha value is -3.35. The van der Waals surface area contributed by atoms with Crippen molar-refractivity contribution in [2.45, 2.75) is 70.1 Å². The maximum Gasteiger partial charge on any atom is 0.472 e. The number of hydrogen-bond acceptors (Lipinski definition) is 14. The van der Waals surface area contributed by atoms with Crippen LogP contribution >= 0.6 is 7.82 Å². The lowest BCUT2D eigenvalue weighted by molar-refractivity contribution is -0.117. The summed E-state index contributed by atoms with van der Waals surface area (Å²) < 4.78 is 38.1. The van der Waals surface area contributed by atoms with Crippen molar-refractivity contribution in [2.75, 3.05) is 18.9 Å². The lowest BCUT2D eigenvalue weighted by atomic mass is 10.2. The second-order valence-electron chi connectivity index (χ2n) is 10.1. The number of fused-ring (bicyclic) bond motifs is 1. The third-order valence-corrected chi connectivity index (χ3v) is 8.00. The maximum atomic E-state index is 12.9. The quantitative estimate of drug-likeness (QED) is 0.196. The fourth-order valence-electron chi connectivity index (χ4n) is 4.96. The second-order valence-corrected chi connectivity index (χ2v) is 11.5. The largest absolute Gasteiger partial charge is 0.472 e. The van der Waals surface area contributed by atoms with Gasteiger partial charge < -0.3 is 30.3 Å². The van der Waals surface area contributed by atoms with Crippen LogP contribution in [0.3, 0.4) is 0 Å². The molecule has 42 heavy (non-hydrogen) atoms. The summed E-state index contributed by atoms with van der Waals surface area (Å²) in [5.41, 5.74) is 5.25. The van der Waals surface area contributed by atoms with E-state index in [0.717, 1.165) is 9.13 Å². The van der Waals surface area contributed by atoms with Crippen molar-refractivity contribution in [2.24, 2.45) is 0 Å². The van der Waals surface area contributed by atoms with Crippen LogP contribution in [0.4, 0.5) is 5.82 Å². The number of anilines is 1. The number of ketones is 1. The molecule has 0 aliphatic carbocycles. The van der Waals surface area contributed by atoms with E-state index in [0.29, 0.717) is 11.2 Å². The first-order chi connectivity index (χ1) is 19.9. The standard InChI is InChI=1S/C23H30N7O11P/c1-11-5-28(23(35)29(22(11)34)6-12(2)32)18-4-14(15(7-31)39-18)41-42(36,37)38-8-16-13(33)3-17(40-16)30-10-27-19-20(24)25-9-26-21(19)30/h5,9-10,13-18,31,33H,3-4,6-8H2,1-2H3,(H,36,37)(H2,24,25,26)/t13-,14-,15+,16+,17+,18+/m0/s1. The van der Waals surface area contributed by atoms with Crippen molar-refractivity contribution in [3.05, 3.63) is 45.3 Å². The van der Waals surface area contributed by atoms with E-state index in [-0.39, 0.29) is 24.2 Å². The third-order valence-electron chi connectivity index (χ3n) is 6.99. The molecule has 0 radical (unpaired) electrons. The number of hydrogen-bond donors (Lipinski definition) is 4. The highest BCUT2D eigenvalue weighted by Crippen LogP contribution is 2.49. The molecule has 3 aromatic heterocycles. The highest BCUT2D eigenvalue weighted by atomic mass is 31.2. The smallest absolute Gasteiger partial charge is 0.394 e. The minimum Gasteiger partial charge on any atom is -0.394 e. The molecule has 2 aliphatic heterocycles. The minimum atomic E-state index is -4.80. The lowest BCUT2D eigenvalue weighted by Crippen LogP contribution is -2.43. The molecule has 1 unspecified atom stereocenters. The summed E-state index contributed by atoms with van der Waals surface area (Å²) in [6.45, 7) is 1.10. The zero-order chi connectivity index (χ0) is 30.3. The summed E-state index contributed by atoms with van der Waals surface area (Å²) in [6.07, 6.45) is -2.33. The number of phosphoric ester groups is 1. The van der Waals surface area contributed by atoms with Crippen molar-refractivity contribution in [3.63, 3.8) is 0 Å². The molecule has 5 rings (SSSR count). The van der Waals surface area contributed by atoms with E-state index in [4.69, 9.17) is 24.3 Å². The van der Waals surface area contributed by atoms with Crippen LogP contribution in [0.5, 0.6) is 0 Å². The molecular weight excluding hydrogens is 581 g/mol. The van der Waals surface area contributed by atoms with Gasteiger partial charge in [-0.25, -0.2) is 24.3 Å². The molecular formula is C23H30N7O11P. The maximum absolute atomic E-state index is 12.9. The SMILES string of the molecule is CC(=O)Cn1c(=O)c(C)cn([C@H]2C[C@H](OP(=O)(O)OC[C@H]3O[C@@H](n4cnc5c(N)ncnc54)C[C@@H]3O)[C@@H](CO)O2)c1=O. The topological polar surface area (TPSA) is 245 Å². The van der Waals surface area contributed by atoms with Crippen molar-refractivity contribution in [1.82, 2.24) is 28.7 Å². The number of nitrogens with zero attached hydrogens (tertiary/aromatic N) is 6. The van der Waals surface area contributed by atoms with E-state index >= 15 is 0 Å². The number of ether oxygens (including phenoxy) is 2. The van der Waals surface area contributed by atoms with Gasteiger partial charge in [0, 0.05) is 24.6 Å². The Morgan fingerprint density at radius 3 is 2.60 bits per heavy atom. The summed E-state index contributed by atoms with van der Waals surface area (Å²) in [4.78, 5) is 59.5. The lowest BCUT2D eigenvalue weighted by Gasteiger charge is -2.21. The van der Waals surface area contributed by atoms with E-state index < -0.39 is 81.5 Å². The van der Waals surface area contributed by atoms with Crippen LogP contribution in [-0.2, 0) is 34.4 Å². The van der Waals surface area contributed by atoms with Crippen LogP contribution in [-0.4, -0.2) is 87.2 Å². The second kappa shape index (κ2) is 11.7. The molecule has 0 aromatic carbocycles. The van der Waals surface area contributed by atoms with Gasteiger partial charge in [-0.1, -0.05) is 0 Å². The monoisotopic (exact) mass is 611 g/mol. The van der Waals surface area contributed by atoms with E-state index in [1.54, 1.807) is 4.57 Å². The number of imidazole rings is 1. The molecule has 0 bridgehead atoms. The molecule has 19 heteroatoms. The van der Waals surface area contributed by atoms with Gasteiger partial charge in [-0.3, -0.25) is 32.3 Å². The molecule has 0 amide bonds. The molecule has 5 heterocycles. The van der Waals surface area contributed by atoms with Crippen LogP contribution in [0.1, 0.15) is 37.8 Å². The van der Waals surface area contributed by atoms with Gasteiger partial charge in [-0.05, 0) is 13.8 Å². The minimum absolute atomic E-state index is 0.102. The highest BCUT2D eigenvalue weighted by Gasteiger charge is 2.43. The van der Waals surface area contributed by atoms with Gasteiger partial charge in [0.1, 0.15) is 48.4 Å².